The fraction of sp³-hybridized carbons (Fsp3) is 0.263. The van der Waals surface area contributed by atoms with Gasteiger partial charge in [-0.15, -0.1) is 11.3 Å². The molecular weight excluding hydrogens is 366 g/mol. The molecule has 1 atom stereocenters. The number of hydrogen-bond acceptors (Lipinski definition) is 6. The first-order chi connectivity index (χ1) is 12.8. The predicted octanol–water partition coefficient (Wildman–Crippen LogP) is 3.06. The third-order valence-electron chi connectivity index (χ3n) is 4.45. The van der Waals surface area contributed by atoms with Gasteiger partial charge in [0.15, 0.2) is 0 Å². The van der Waals surface area contributed by atoms with E-state index in [1.165, 1.54) is 18.0 Å². The standard InChI is InChI=1S/C19H19N3O4S/c1-10-7-5-6-8-13(10)21-16(23)12(3)22-9-20-17-14(18(22)24)11(2)15(27-17)19(25)26-4/h5-9,12H,1-4H3,(H,21,23). The van der Waals surface area contributed by atoms with Gasteiger partial charge in [0.1, 0.15) is 15.7 Å². The Morgan fingerprint density at radius 2 is 1.96 bits per heavy atom. The lowest BCUT2D eigenvalue weighted by Crippen LogP contribution is -2.32. The highest BCUT2D eigenvalue weighted by Crippen LogP contribution is 2.27. The number of amides is 1. The maximum Gasteiger partial charge on any atom is 0.348 e. The fourth-order valence-electron chi connectivity index (χ4n) is 2.78. The van der Waals surface area contributed by atoms with Crippen molar-refractivity contribution in [2.45, 2.75) is 26.8 Å². The summed E-state index contributed by atoms with van der Waals surface area (Å²) < 4.78 is 6.03. The van der Waals surface area contributed by atoms with Crippen LogP contribution in [0.15, 0.2) is 35.4 Å². The number of esters is 1. The first-order valence-corrected chi connectivity index (χ1v) is 9.11. The largest absolute Gasteiger partial charge is 0.465 e. The number of rotatable bonds is 4. The molecule has 0 aliphatic heterocycles. The summed E-state index contributed by atoms with van der Waals surface area (Å²) in [6.45, 7) is 5.20. The maximum atomic E-state index is 12.9. The van der Waals surface area contributed by atoms with Crippen molar-refractivity contribution in [3.8, 4) is 0 Å². The van der Waals surface area contributed by atoms with Crippen LogP contribution in [0, 0.1) is 13.8 Å². The van der Waals surface area contributed by atoms with Gasteiger partial charge < -0.3 is 10.1 Å². The van der Waals surface area contributed by atoms with E-state index in [4.69, 9.17) is 4.74 Å². The summed E-state index contributed by atoms with van der Waals surface area (Å²) in [6.07, 6.45) is 1.34. The van der Waals surface area contributed by atoms with Gasteiger partial charge in [-0.05, 0) is 38.0 Å². The average Bonchev–Trinajstić information content (AvgIpc) is 3.00. The van der Waals surface area contributed by atoms with Gasteiger partial charge in [0.05, 0.1) is 18.8 Å². The minimum Gasteiger partial charge on any atom is -0.465 e. The van der Waals surface area contributed by atoms with Crippen LogP contribution in [-0.4, -0.2) is 28.5 Å². The third-order valence-corrected chi connectivity index (χ3v) is 5.63. The number of anilines is 1. The van der Waals surface area contributed by atoms with E-state index in [2.05, 4.69) is 10.3 Å². The summed E-state index contributed by atoms with van der Waals surface area (Å²) in [5, 5.41) is 3.16. The summed E-state index contributed by atoms with van der Waals surface area (Å²) in [7, 11) is 1.29. The van der Waals surface area contributed by atoms with Crippen LogP contribution in [0.5, 0.6) is 0 Å². The number of hydrogen-bond donors (Lipinski definition) is 1. The first-order valence-electron chi connectivity index (χ1n) is 8.30. The molecule has 1 amide bonds. The van der Waals surface area contributed by atoms with E-state index in [1.807, 2.05) is 25.1 Å². The Labute approximate surface area is 159 Å². The third kappa shape index (κ3) is 3.35. The van der Waals surface area contributed by atoms with Gasteiger partial charge in [0, 0.05) is 5.69 Å². The lowest BCUT2D eigenvalue weighted by atomic mass is 10.2. The number of nitrogens with one attached hydrogen (secondary N) is 1. The molecular formula is C19H19N3O4S. The van der Waals surface area contributed by atoms with Crippen LogP contribution in [-0.2, 0) is 9.53 Å². The Hall–Kier alpha value is -3.00. The highest BCUT2D eigenvalue weighted by Gasteiger charge is 2.23. The maximum absolute atomic E-state index is 12.9. The number of thiophene rings is 1. The number of aryl methyl sites for hydroxylation is 2. The number of carbonyl (C=O) groups is 2. The zero-order valence-electron chi connectivity index (χ0n) is 15.4. The van der Waals surface area contributed by atoms with Crippen LogP contribution in [0.2, 0.25) is 0 Å². The Kier molecular flexibility index (Phi) is 5.09. The van der Waals surface area contributed by atoms with Crippen molar-refractivity contribution in [2.75, 3.05) is 12.4 Å². The van der Waals surface area contributed by atoms with Crippen LogP contribution < -0.4 is 10.9 Å². The van der Waals surface area contributed by atoms with E-state index in [9.17, 15) is 14.4 Å². The van der Waals surface area contributed by atoms with Crippen LogP contribution in [0.25, 0.3) is 10.2 Å². The monoisotopic (exact) mass is 385 g/mol. The fourth-order valence-corrected chi connectivity index (χ4v) is 3.83. The molecule has 1 aromatic carbocycles. The van der Waals surface area contributed by atoms with Gasteiger partial charge in [0.25, 0.3) is 5.56 Å². The topological polar surface area (TPSA) is 90.3 Å². The number of carbonyl (C=O) groups excluding carboxylic acids is 2. The van der Waals surface area contributed by atoms with Crippen molar-refractivity contribution in [3.05, 3.63) is 57.0 Å². The van der Waals surface area contributed by atoms with Crippen molar-refractivity contribution in [1.29, 1.82) is 0 Å². The van der Waals surface area contributed by atoms with Gasteiger partial charge >= 0.3 is 5.97 Å². The number of ether oxygens (including phenoxy) is 1. The van der Waals surface area contributed by atoms with Gasteiger partial charge in [-0.2, -0.15) is 0 Å². The van der Waals surface area contributed by atoms with E-state index in [-0.39, 0.29) is 11.5 Å². The Morgan fingerprint density at radius 3 is 2.63 bits per heavy atom. The van der Waals surface area contributed by atoms with Crippen molar-refractivity contribution in [3.63, 3.8) is 0 Å². The molecule has 0 saturated heterocycles. The van der Waals surface area contributed by atoms with Crippen molar-refractivity contribution >= 4 is 39.1 Å². The summed E-state index contributed by atoms with van der Waals surface area (Å²) in [6, 6.07) is 6.64. The lowest BCUT2D eigenvalue weighted by molar-refractivity contribution is -0.118. The molecule has 0 fully saturated rings. The second-order valence-corrected chi connectivity index (χ2v) is 7.16. The van der Waals surface area contributed by atoms with Gasteiger partial charge in [-0.25, -0.2) is 9.78 Å². The van der Waals surface area contributed by atoms with Crippen molar-refractivity contribution < 1.29 is 14.3 Å². The average molecular weight is 385 g/mol. The molecule has 1 N–H and O–H groups in total. The number of methoxy groups -OCH3 is 1. The highest BCUT2D eigenvalue weighted by atomic mass is 32.1. The SMILES string of the molecule is COC(=O)c1sc2ncn(C(C)C(=O)Nc3ccccc3C)c(=O)c2c1C. The molecule has 8 heteroatoms. The molecule has 1 unspecified atom stereocenters. The summed E-state index contributed by atoms with van der Waals surface area (Å²) in [5.74, 6) is -0.833. The zero-order chi connectivity index (χ0) is 19.7. The highest BCUT2D eigenvalue weighted by molar-refractivity contribution is 7.20. The lowest BCUT2D eigenvalue weighted by Gasteiger charge is -2.16. The predicted molar refractivity (Wildman–Crippen MR) is 104 cm³/mol. The Morgan fingerprint density at radius 1 is 1.26 bits per heavy atom. The van der Waals surface area contributed by atoms with E-state index >= 15 is 0 Å². The number of fused-ring (bicyclic) bond motifs is 1. The van der Waals surface area contributed by atoms with E-state index < -0.39 is 12.0 Å². The molecule has 0 radical (unpaired) electrons. The molecule has 140 valence electrons. The molecule has 0 aliphatic rings. The van der Waals surface area contributed by atoms with Gasteiger partial charge in [-0.1, -0.05) is 18.2 Å². The quantitative estimate of drug-likeness (QED) is 0.697. The molecule has 3 aromatic rings. The van der Waals surface area contributed by atoms with Crippen molar-refractivity contribution in [1.82, 2.24) is 9.55 Å². The van der Waals surface area contributed by atoms with Crippen LogP contribution >= 0.6 is 11.3 Å². The summed E-state index contributed by atoms with van der Waals surface area (Å²) in [5.41, 5.74) is 1.77. The minimum absolute atomic E-state index is 0.325. The second kappa shape index (κ2) is 7.32. The zero-order valence-corrected chi connectivity index (χ0v) is 16.2. The molecule has 0 saturated carbocycles. The molecule has 7 nitrogen and oxygen atoms in total. The number of para-hydroxylation sites is 1. The van der Waals surface area contributed by atoms with E-state index in [1.54, 1.807) is 19.9 Å². The van der Waals surface area contributed by atoms with Gasteiger partial charge in [-0.3, -0.25) is 14.2 Å². The normalized spacial score (nSPS) is 12.0. The van der Waals surface area contributed by atoms with E-state index in [0.29, 0.717) is 26.3 Å². The smallest absolute Gasteiger partial charge is 0.348 e. The van der Waals surface area contributed by atoms with Crippen LogP contribution in [0.4, 0.5) is 5.69 Å². The first kappa shape index (κ1) is 18.8. The second-order valence-electron chi connectivity index (χ2n) is 6.17. The molecule has 0 aliphatic carbocycles. The Balaban J connectivity index is 1.99. The van der Waals surface area contributed by atoms with E-state index in [0.717, 1.165) is 16.9 Å². The molecule has 3 rings (SSSR count). The number of benzene rings is 1. The molecule has 2 heterocycles. The Bertz CT molecular complexity index is 1100. The molecule has 0 bridgehead atoms. The molecule has 2 aromatic heterocycles. The van der Waals surface area contributed by atoms with Crippen molar-refractivity contribution in [2.24, 2.45) is 0 Å². The summed E-state index contributed by atoms with van der Waals surface area (Å²) >= 11 is 1.10. The minimum atomic E-state index is -0.769. The number of aromatic nitrogens is 2. The molecule has 27 heavy (non-hydrogen) atoms. The molecule has 0 spiro atoms. The number of nitrogens with zero attached hydrogens (tertiary/aromatic N) is 2. The van der Waals surface area contributed by atoms with Crippen LogP contribution in [0.3, 0.4) is 0 Å². The summed E-state index contributed by atoms with van der Waals surface area (Å²) in [4.78, 5) is 42.5. The van der Waals surface area contributed by atoms with Crippen LogP contribution in [0.1, 0.15) is 33.8 Å². The van der Waals surface area contributed by atoms with Gasteiger partial charge in [0.2, 0.25) is 5.91 Å².